The van der Waals surface area contributed by atoms with Crippen LogP contribution < -0.4 is 5.32 Å². The van der Waals surface area contributed by atoms with Crippen molar-refractivity contribution in [2.24, 2.45) is 0 Å². The van der Waals surface area contributed by atoms with Crippen molar-refractivity contribution < 1.29 is 9.90 Å². The second-order valence-corrected chi connectivity index (χ2v) is 5.04. The minimum Gasteiger partial charge on any atom is -0.507 e. The lowest BCUT2D eigenvalue weighted by Gasteiger charge is -2.39. The molecule has 1 aromatic rings. The summed E-state index contributed by atoms with van der Waals surface area (Å²) in [4.78, 5) is 14.4. The molecular formula is C14H20N2O2. The molecule has 1 aromatic carbocycles. The van der Waals surface area contributed by atoms with Gasteiger partial charge in [0.2, 0.25) is 0 Å². The number of carbonyl (C=O) groups is 1. The van der Waals surface area contributed by atoms with E-state index in [-0.39, 0.29) is 23.7 Å². The predicted octanol–water partition coefficient (Wildman–Crippen LogP) is 1.52. The zero-order chi connectivity index (χ0) is 13.3. The molecule has 1 aliphatic rings. The highest BCUT2D eigenvalue weighted by molar-refractivity contribution is 5.97. The molecule has 4 nitrogen and oxygen atoms in total. The van der Waals surface area contributed by atoms with E-state index >= 15 is 0 Å². The van der Waals surface area contributed by atoms with Crippen molar-refractivity contribution in [2.45, 2.75) is 32.9 Å². The molecule has 0 aliphatic carbocycles. The average Bonchev–Trinajstić information content (AvgIpc) is 2.32. The van der Waals surface area contributed by atoms with Crippen molar-refractivity contribution in [3.8, 4) is 5.75 Å². The largest absolute Gasteiger partial charge is 0.507 e. The zero-order valence-corrected chi connectivity index (χ0v) is 11.1. The van der Waals surface area contributed by atoms with Gasteiger partial charge in [-0.05, 0) is 32.4 Å². The fourth-order valence-corrected chi connectivity index (χ4v) is 2.50. The van der Waals surface area contributed by atoms with Crippen molar-refractivity contribution >= 4 is 5.91 Å². The Bertz CT molecular complexity index is 449. The van der Waals surface area contributed by atoms with E-state index in [0.29, 0.717) is 5.56 Å². The molecule has 18 heavy (non-hydrogen) atoms. The van der Waals surface area contributed by atoms with Gasteiger partial charge in [0.05, 0.1) is 5.56 Å². The van der Waals surface area contributed by atoms with Gasteiger partial charge in [0.15, 0.2) is 0 Å². The number of phenols is 1. The van der Waals surface area contributed by atoms with Gasteiger partial charge >= 0.3 is 0 Å². The summed E-state index contributed by atoms with van der Waals surface area (Å²) in [6.07, 6.45) is 0. The van der Waals surface area contributed by atoms with Gasteiger partial charge in [0.1, 0.15) is 5.75 Å². The first-order chi connectivity index (χ1) is 8.52. The molecule has 0 bridgehead atoms. The van der Waals surface area contributed by atoms with Crippen LogP contribution >= 0.6 is 0 Å². The summed E-state index contributed by atoms with van der Waals surface area (Å²) in [5, 5.41) is 13.3. The van der Waals surface area contributed by atoms with Crippen LogP contribution in [0, 0.1) is 6.92 Å². The first-order valence-electron chi connectivity index (χ1n) is 6.34. The average molecular weight is 248 g/mol. The summed E-state index contributed by atoms with van der Waals surface area (Å²) >= 11 is 0. The summed E-state index contributed by atoms with van der Waals surface area (Å²) in [7, 11) is 0. The molecule has 2 rings (SSSR count). The quantitative estimate of drug-likeness (QED) is 0.792. The van der Waals surface area contributed by atoms with Gasteiger partial charge in [-0.25, -0.2) is 0 Å². The van der Waals surface area contributed by atoms with E-state index in [1.165, 1.54) is 0 Å². The zero-order valence-electron chi connectivity index (χ0n) is 11.1. The molecule has 1 saturated heterocycles. The number of phenolic OH excluding ortho intramolecular Hbond substituents is 1. The number of hydrogen-bond acceptors (Lipinski definition) is 3. The van der Waals surface area contributed by atoms with Crippen LogP contribution in [0.5, 0.6) is 5.75 Å². The van der Waals surface area contributed by atoms with E-state index in [4.69, 9.17) is 0 Å². The molecule has 1 heterocycles. The van der Waals surface area contributed by atoms with E-state index in [1.807, 2.05) is 18.7 Å². The second kappa shape index (κ2) is 4.98. The van der Waals surface area contributed by atoms with Crippen molar-refractivity contribution in [1.29, 1.82) is 0 Å². The van der Waals surface area contributed by atoms with Crippen LogP contribution in [0.4, 0.5) is 0 Å². The van der Waals surface area contributed by atoms with E-state index in [2.05, 4.69) is 5.32 Å². The molecule has 0 saturated carbocycles. The highest BCUT2D eigenvalue weighted by atomic mass is 16.3. The molecule has 1 fully saturated rings. The number of aryl methyl sites for hydroxylation is 1. The van der Waals surface area contributed by atoms with E-state index in [9.17, 15) is 9.90 Å². The maximum Gasteiger partial charge on any atom is 0.258 e. The summed E-state index contributed by atoms with van der Waals surface area (Å²) in [6, 6.07) is 5.57. The topological polar surface area (TPSA) is 52.6 Å². The van der Waals surface area contributed by atoms with Crippen LogP contribution in [-0.4, -0.2) is 41.1 Å². The number of carbonyl (C=O) groups excluding carboxylic acids is 1. The van der Waals surface area contributed by atoms with E-state index in [0.717, 1.165) is 18.7 Å². The van der Waals surface area contributed by atoms with Crippen molar-refractivity contribution in [3.05, 3.63) is 29.3 Å². The Balaban J connectivity index is 2.32. The maximum absolute atomic E-state index is 12.5. The number of para-hydroxylation sites is 1. The minimum atomic E-state index is -0.0855. The van der Waals surface area contributed by atoms with Crippen molar-refractivity contribution in [3.63, 3.8) is 0 Å². The third kappa shape index (κ3) is 2.20. The highest BCUT2D eigenvalue weighted by Crippen LogP contribution is 2.25. The first-order valence-corrected chi connectivity index (χ1v) is 6.34. The van der Waals surface area contributed by atoms with Crippen LogP contribution in [0.2, 0.25) is 0 Å². The SMILES string of the molecule is Cc1cccc(C(=O)N2C(C)CNCC2C)c1O. The summed E-state index contributed by atoms with van der Waals surface area (Å²) < 4.78 is 0. The number of piperazine rings is 1. The van der Waals surface area contributed by atoms with Gasteiger partial charge in [-0.2, -0.15) is 0 Å². The van der Waals surface area contributed by atoms with E-state index in [1.54, 1.807) is 25.1 Å². The molecular weight excluding hydrogens is 228 g/mol. The summed E-state index contributed by atoms with van der Waals surface area (Å²) in [6.45, 7) is 7.43. The molecule has 0 spiro atoms. The van der Waals surface area contributed by atoms with E-state index < -0.39 is 0 Å². The Morgan fingerprint density at radius 2 is 1.94 bits per heavy atom. The Morgan fingerprint density at radius 3 is 2.56 bits per heavy atom. The monoisotopic (exact) mass is 248 g/mol. The number of nitrogens with one attached hydrogen (secondary N) is 1. The normalized spacial score (nSPS) is 24.1. The Kier molecular flexibility index (Phi) is 3.57. The molecule has 1 amide bonds. The Labute approximate surface area is 108 Å². The number of hydrogen-bond donors (Lipinski definition) is 2. The lowest BCUT2D eigenvalue weighted by Crippen LogP contribution is -2.57. The molecule has 2 unspecified atom stereocenters. The first kappa shape index (κ1) is 12.9. The third-order valence-electron chi connectivity index (χ3n) is 3.53. The van der Waals surface area contributed by atoms with Crippen LogP contribution in [0.25, 0.3) is 0 Å². The van der Waals surface area contributed by atoms with Gasteiger partial charge < -0.3 is 15.3 Å². The van der Waals surface area contributed by atoms with Crippen LogP contribution in [0.1, 0.15) is 29.8 Å². The fraction of sp³-hybridized carbons (Fsp3) is 0.500. The molecule has 98 valence electrons. The smallest absolute Gasteiger partial charge is 0.258 e. The maximum atomic E-state index is 12.5. The summed E-state index contributed by atoms with van der Waals surface area (Å²) in [5.41, 5.74) is 1.13. The Hall–Kier alpha value is -1.55. The van der Waals surface area contributed by atoms with Crippen LogP contribution in [0.3, 0.4) is 0 Å². The van der Waals surface area contributed by atoms with Gasteiger partial charge in [-0.15, -0.1) is 0 Å². The second-order valence-electron chi connectivity index (χ2n) is 5.04. The Morgan fingerprint density at radius 1 is 1.33 bits per heavy atom. The van der Waals surface area contributed by atoms with Gasteiger partial charge in [-0.3, -0.25) is 4.79 Å². The summed E-state index contributed by atoms with van der Waals surface area (Å²) in [5.74, 6) is 0.0122. The molecule has 4 heteroatoms. The highest BCUT2D eigenvalue weighted by Gasteiger charge is 2.30. The minimum absolute atomic E-state index is 0.0855. The number of amides is 1. The van der Waals surface area contributed by atoms with Crippen molar-refractivity contribution in [1.82, 2.24) is 10.2 Å². The molecule has 0 radical (unpaired) electrons. The van der Waals surface area contributed by atoms with Crippen LogP contribution in [0.15, 0.2) is 18.2 Å². The molecule has 1 aliphatic heterocycles. The molecule has 0 aromatic heterocycles. The standard InChI is InChI=1S/C14H20N2O2/c1-9-5-4-6-12(13(9)17)14(18)16-10(2)7-15-8-11(16)3/h4-6,10-11,15,17H,7-8H2,1-3H3. The van der Waals surface area contributed by atoms with Gasteiger partial charge in [0.25, 0.3) is 5.91 Å². The van der Waals surface area contributed by atoms with Crippen LogP contribution in [-0.2, 0) is 0 Å². The molecule has 2 atom stereocenters. The molecule has 2 N–H and O–H groups in total. The predicted molar refractivity (Wildman–Crippen MR) is 70.8 cm³/mol. The number of aromatic hydroxyl groups is 1. The van der Waals surface area contributed by atoms with Gasteiger partial charge in [0, 0.05) is 25.2 Å². The number of rotatable bonds is 1. The third-order valence-corrected chi connectivity index (χ3v) is 3.53. The van der Waals surface area contributed by atoms with Gasteiger partial charge in [-0.1, -0.05) is 12.1 Å². The number of nitrogens with zero attached hydrogens (tertiary/aromatic N) is 1. The fourth-order valence-electron chi connectivity index (χ4n) is 2.50. The lowest BCUT2D eigenvalue weighted by atomic mass is 10.0. The number of benzene rings is 1. The van der Waals surface area contributed by atoms with Crippen molar-refractivity contribution in [2.75, 3.05) is 13.1 Å². The lowest BCUT2D eigenvalue weighted by molar-refractivity contribution is 0.0541.